The van der Waals surface area contributed by atoms with Crippen LogP contribution >= 0.6 is 0 Å². The van der Waals surface area contributed by atoms with Gasteiger partial charge in [0.25, 0.3) is 0 Å². The Balaban J connectivity index is 1.23. The number of ether oxygens (including phenoxy) is 4. The van der Waals surface area contributed by atoms with Gasteiger partial charge in [-0.25, -0.2) is 9.18 Å². The first-order valence-corrected chi connectivity index (χ1v) is 22.6. The van der Waals surface area contributed by atoms with Crippen LogP contribution in [0, 0.1) is 17.2 Å². The van der Waals surface area contributed by atoms with Crippen LogP contribution in [0.1, 0.15) is 79.2 Å². The van der Waals surface area contributed by atoms with Gasteiger partial charge in [0.05, 0.1) is 25.8 Å². The number of hydrogen-bond donors (Lipinski definition) is 2. The molecule has 1 saturated carbocycles. The SMILES string of the molecule is CCC1=C[C@@H]2CN(C1)Cc1c([nH]c3ccccc13)[C@@](C(=O)OC)(c1cc3c(cc1OC)N(C)[C@H]1[C@@](O)(COC(=O)c4ccc(F)cc4)[C@H](OC(C)=O)[C@]4(CC)C=CCN5CC[C@]31[C@@H]54)C2. The first-order chi connectivity index (χ1) is 30.8. The second-order valence-corrected chi connectivity index (χ2v) is 18.9. The van der Waals surface area contributed by atoms with Crippen LogP contribution < -0.4 is 9.64 Å². The zero-order chi connectivity index (χ0) is 44.9. The fourth-order valence-corrected chi connectivity index (χ4v) is 13.6. The molecule has 12 nitrogen and oxygen atoms in total. The molecule has 1 unspecified atom stereocenters. The second kappa shape index (κ2) is 15.3. The Morgan fingerprint density at radius 2 is 1.78 bits per heavy atom. The Labute approximate surface area is 373 Å². The minimum absolute atomic E-state index is 0.00663. The lowest BCUT2D eigenvalue weighted by Gasteiger charge is -2.64. The predicted octanol–water partition coefficient (Wildman–Crippen LogP) is 6.58. The van der Waals surface area contributed by atoms with Gasteiger partial charge >= 0.3 is 17.9 Å². The number of H-pyrrole nitrogens is 1. The number of carbonyl (C=O) groups is 3. The number of hydrogen-bond acceptors (Lipinski definition) is 11. The number of esters is 3. The number of benzene rings is 3. The first-order valence-electron chi connectivity index (χ1n) is 22.6. The summed E-state index contributed by atoms with van der Waals surface area (Å²) in [6.45, 7) is 8.64. The fourth-order valence-electron chi connectivity index (χ4n) is 13.6. The van der Waals surface area contributed by atoms with E-state index >= 15 is 4.79 Å². The van der Waals surface area contributed by atoms with Crippen LogP contribution in [-0.4, -0.2) is 116 Å². The normalized spacial score (nSPS) is 32.3. The van der Waals surface area contributed by atoms with E-state index in [0.29, 0.717) is 50.2 Å². The molecule has 9 atom stereocenters. The quantitative estimate of drug-likeness (QED) is 0.107. The molecule has 336 valence electrons. The van der Waals surface area contributed by atoms with Crippen LogP contribution in [-0.2, 0) is 41.2 Å². The lowest BCUT2D eigenvalue weighted by Crippen LogP contribution is -2.80. The minimum Gasteiger partial charge on any atom is -0.496 e. The van der Waals surface area contributed by atoms with Crippen molar-refractivity contribution in [1.29, 1.82) is 0 Å². The summed E-state index contributed by atoms with van der Waals surface area (Å²) < 4.78 is 38.7. The lowest BCUT2D eigenvalue weighted by atomic mass is 9.47. The van der Waals surface area contributed by atoms with E-state index in [0.717, 1.165) is 52.9 Å². The van der Waals surface area contributed by atoms with Gasteiger partial charge in [0.2, 0.25) is 0 Å². The fraction of sp³-hybridized carbons (Fsp3) is 0.471. The number of nitrogens with one attached hydrogen (secondary N) is 1. The van der Waals surface area contributed by atoms with E-state index in [2.05, 4.69) is 58.1 Å². The molecule has 1 saturated heterocycles. The smallest absolute Gasteiger partial charge is 0.338 e. The van der Waals surface area contributed by atoms with Crippen molar-refractivity contribution in [2.24, 2.45) is 11.3 Å². The Hall–Kier alpha value is -5.50. The monoisotopic (exact) mass is 872 g/mol. The largest absolute Gasteiger partial charge is 0.496 e. The molecule has 0 radical (unpaired) electrons. The van der Waals surface area contributed by atoms with E-state index in [4.69, 9.17) is 18.9 Å². The molecule has 0 amide bonds. The van der Waals surface area contributed by atoms with Crippen molar-refractivity contribution in [3.05, 3.63) is 118 Å². The third-order valence-electron chi connectivity index (χ3n) is 15.9. The van der Waals surface area contributed by atoms with Gasteiger partial charge in [-0.05, 0) is 85.7 Å². The van der Waals surface area contributed by atoms with E-state index in [1.807, 2.05) is 37.1 Å². The highest BCUT2D eigenvalue weighted by Gasteiger charge is 2.78. The molecule has 5 aliphatic heterocycles. The average Bonchev–Trinajstić information content (AvgIpc) is 3.95. The molecule has 2 N–H and O–H groups in total. The van der Waals surface area contributed by atoms with Crippen molar-refractivity contribution in [1.82, 2.24) is 14.8 Å². The van der Waals surface area contributed by atoms with Crippen molar-refractivity contribution in [2.45, 2.75) is 87.6 Å². The zero-order valence-electron chi connectivity index (χ0n) is 37.4. The number of nitrogens with zero attached hydrogens (tertiary/aromatic N) is 3. The second-order valence-electron chi connectivity index (χ2n) is 18.9. The van der Waals surface area contributed by atoms with E-state index in [1.165, 1.54) is 43.9 Å². The lowest BCUT2D eigenvalue weighted by molar-refractivity contribution is -0.228. The molecule has 1 spiro atoms. The first kappa shape index (κ1) is 42.5. The highest BCUT2D eigenvalue weighted by molar-refractivity contribution is 5.94. The van der Waals surface area contributed by atoms with Crippen molar-refractivity contribution < 1.29 is 42.8 Å². The summed E-state index contributed by atoms with van der Waals surface area (Å²) in [7, 11) is 5.00. The number of aromatic nitrogens is 1. The van der Waals surface area contributed by atoms with Crippen molar-refractivity contribution >= 4 is 34.5 Å². The van der Waals surface area contributed by atoms with Gasteiger partial charge in [0, 0.05) is 90.9 Å². The van der Waals surface area contributed by atoms with Gasteiger partial charge in [-0.1, -0.05) is 55.8 Å². The third kappa shape index (κ3) is 5.85. The van der Waals surface area contributed by atoms with Crippen molar-refractivity contribution in [3.8, 4) is 5.75 Å². The van der Waals surface area contributed by atoms with Gasteiger partial charge in [-0.2, -0.15) is 0 Å². The Bertz CT molecular complexity index is 2630. The Kier molecular flexibility index (Phi) is 10.2. The highest BCUT2D eigenvalue weighted by Crippen LogP contribution is 2.68. The van der Waals surface area contributed by atoms with E-state index < -0.39 is 64.3 Å². The summed E-state index contributed by atoms with van der Waals surface area (Å²) in [5.41, 5.74) is 1.47. The number of carbonyl (C=O) groups excluding carboxylic acids is 3. The molecular formula is C51H57FN4O8. The van der Waals surface area contributed by atoms with Crippen LogP contribution in [0.4, 0.5) is 10.1 Å². The summed E-state index contributed by atoms with van der Waals surface area (Å²) in [5.74, 6) is -1.71. The number of para-hydroxylation sites is 1. The summed E-state index contributed by atoms with van der Waals surface area (Å²) >= 11 is 0. The number of halogens is 1. The Morgan fingerprint density at radius 3 is 2.50 bits per heavy atom. The van der Waals surface area contributed by atoms with E-state index in [9.17, 15) is 19.1 Å². The van der Waals surface area contributed by atoms with Gasteiger partial charge in [0.15, 0.2) is 5.60 Å². The highest BCUT2D eigenvalue weighted by atomic mass is 19.1. The van der Waals surface area contributed by atoms with Gasteiger partial charge in [0.1, 0.15) is 29.7 Å². The minimum atomic E-state index is -1.98. The third-order valence-corrected chi connectivity index (χ3v) is 15.9. The van der Waals surface area contributed by atoms with E-state index in [-0.39, 0.29) is 17.5 Å². The molecule has 4 aromatic rings. The van der Waals surface area contributed by atoms with Crippen LogP contribution in [0.2, 0.25) is 0 Å². The number of fused-ring (bicyclic) bond motifs is 6. The predicted molar refractivity (Wildman–Crippen MR) is 239 cm³/mol. The maximum atomic E-state index is 15.3. The molecule has 13 heteroatoms. The molecule has 10 rings (SSSR count). The molecule has 6 aliphatic rings. The number of aromatic amines is 1. The standard InChI is InChI=1S/C51H57FN4O8/c1-7-31-22-32-25-50(47(59)62-6,42-36(28-55(26-31)27-32)35-12-9-10-13-39(35)53-42)38-23-37-40(24-41(38)61-5)54(4)45-49(37)19-21-56-20-11-18-48(8-2,44(49)56)46(64-30(3)57)51(45,60)29-63-43(58)33-14-16-34(52)17-15-33/h9-18,22-24,32,44-46,53,60H,7-8,19-21,25-29H2,1-6H3/t32-,44-,45+,46+,48+,49+,50-,51-/m0/s1. The maximum absolute atomic E-state index is 15.3. The molecule has 6 heterocycles. The number of aliphatic hydroxyl groups is 1. The molecule has 3 aromatic carbocycles. The van der Waals surface area contributed by atoms with E-state index in [1.54, 1.807) is 7.11 Å². The number of rotatable bonds is 9. The number of anilines is 1. The molecule has 2 bridgehead atoms. The van der Waals surface area contributed by atoms with Crippen LogP contribution in [0.5, 0.6) is 5.75 Å². The zero-order valence-corrected chi connectivity index (χ0v) is 37.4. The number of methoxy groups -OCH3 is 2. The topological polar surface area (TPSA) is 134 Å². The Morgan fingerprint density at radius 1 is 1.00 bits per heavy atom. The van der Waals surface area contributed by atoms with Gasteiger partial charge in [-0.15, -0.1) is 0 Å². The molecular weight excluding hydrogens is 816 g/mol. The van der Waals surface area contributed by atoms with Gasteiger partial charge < -0.3 is 33.9 Å². The van der Waals surface area contributed by atoms with Crippen molar-refractivity contribution in [2.75, 3.05) is 59.0 Å². The molecule has 2 fully saturated rings. The summed E-state index contributed by atoms with van der Waals surface area (Å²) in [6, 6.07) is 16.3. The van der Waals surface area contributed by atoms with Gasteiger partial charge in [-0.3, -0.25) is 19.4 Å². The average molecular weight is 873 g/mol. The molecule has 1 aromatic heterocycles. The number of likely N-dealkylation sites (N-methyl/N-ethyl adjacent to an activating group) is 1. The van der Waals surface area contributed by atoms with Crippen LogP contribution in [0.25, 0.3) is 10.9 Å². The summed E-state index contributed by atoms with van der Waals surface area (Å²) in [5, 5.41) is 14.8. The molecule has 1 aliphatic carbocycles. The van der Waals surface area contributed by atoms with Crippen molar-refractivity contribution in [3.63, 3.8) is 0 Å². The summed E-state index contributed by atoms with van der Waals surface area (Å²) in [6.07, 6.45) is 7.82. The van der Waals surface area contributed by atoms with Crippen LogP contribution in [0.15, 0.2) is 84.5 Å². The summed E-state index contributed by atoms with van der Waals surface area (Å²) in [4.78, 5) is 53.1. The maximum Gasteiger partial charge on any atom is 0.338 e. The van der Waals surface area contributed by atoms with Crippen LogP contribution in [0.3, 0.4) is 0 Å². The molecule has 64 heavy (non-hydrogen) atoms.